The summed E-state index contributed by atoms with van der Waals surface area (Å²) in [6.45, 7) is 1.45. The van der Waals surface area contributed by atoms with Gasteiger partial charge < -0.3 is 25.6 Å². The zero-order chi connectivity index (χ0) is 29.2. The van der Waals surface area contributed by atoms with E-state index in [4.69, 9.17) is 15.2 Å². The minimum atomic E-state index is -1.04. The molecular formula is C32H29N3O6. The van der Waals surface area contributed by atoms with Crippen LogP contribution in [0.4, 0.5) is 21.9 Å². The van der Waals surface area contributed by atoms with Crippen LogP contribution in [0.15, 0.2) is 115 Å². The molecule has 41 heavy (non-hydrogen) atoms. The molecule has 0 aliphatic rings. The van der Waals surface area contributed by atoms with Crippen LogP contribution < -0.4 is 21.1 Å². The topological polar surface area (TPSA) is 140 Å². The van der Waals surface area contributed by atoms with E-state index in [0.717, 1.165) is 0 Å². The van der Waals surface area contributed by atoms with Crippen molar-refractivity contribution in [1.82, 2.24) is 0 Å². The Balaban J connectivity index is 1.61. The molecule has 0 saturated heterocycles. The van der Waals surface area contributed by atoms with Crippen LogP contribution in [-0.2, 0) is 9.53 Å². The minimum Gasteiger partial charge on any atom is -0.508 e. The molecule has 0 radical (unpaired) electrons. The molecule has 0 saturated carbocycles. The maximum Gasteiger partial charge on any atom is 0.412 e. The summed E-state index contributed by atoms with van der Waals surface area (Å²) in [5, 5.41) is 15.2. The number of ketones is 1. The highest BCUT2D eigenvalue weighted by Crippen LogP contribution is 2.29. The van der Waals surface area contributed by atoms with Crippen LogP contribution in [0.2, 0.25) is 0 Å². The standard InChI is InChI=1S/C32H29N3O6/c1-21(36)22-11-15-24(16-12-22)34-32(39)41-31(23-13-17-25(37)18-14-23)29(40-26-7-3-2-4-8-26)19-20-30(38)35-28-10-6-5-9-27(28)33/h2-20,29,31,37H,33H2,1H3,(H,34,39)(H,35,38)/b20-19+/t29-,31-/m1/s1. The highest BCUT2D eigenvalue weighted by atomic mass is 16.6. The zero-order valence-electron chi connectivity index (χ0n) is 22.2. The van der Waals surface area contributed by atoms with Gasteiger partial charge in [-0.05, 0) is 79.2 Å². The number of benzene rings is 4. The predicted molar refractivity (Wildman–Crippen MR) is 157 cm³/mol. The van der Waals surface area contributed by atoms with E-state index in [9.17, 15) is 19.5 Å². The molecule has 0 unspecified atom stereocenters. The van der Waals surface area contributed by atoms with Crippen molar-refractivity contribution in [2.45, 2.75) is 19.1 Å². The van der Waals surface area contributed by atoms with Gasteiger partial charge in [0.05, 0.1) is 11.4 Å². The van der Waals surface area contributed by atoms with Crippen LogP contribution in [0.5, 0.6) is 11.5 Å². The zero-order valence-corrected chi connectivity index (χ0v) is 22.2. The lowest BCUT2D eigenvalue weighted by atomic mass is 10.0. The average molecular weight is 552 g/mol. The van der Waals surface area contributed by atoms with Gasteiger partial charge in [0.2, 0.25) is 5.91 Å². The van der Waals surface area contributed by atoms with Gasteiger partial charge in [-0.25, -0.2) is 4.79 Å². The fourth-order valence-corrected chi connectivity index (χ4v) is 3.87. The molecule has 9 heteroatoms. The van der Waals surface area contributed by atoms with E-state index < -0.39 is 24.2 Å². The number of nitrogens with one attached hydrogen (secondary N) is 2. The van der Waals surface area contributed by atoms with Gasteiger partial charge in [-0.15, -0.1) is 0 Å². The lowest BCUT2D eigenvalue weighted by Gasteiger charge is -2.26. The first-order chi connectivity index (χ1) is 19.8. The number of amides is 2. The molecule has 0 aliphatic heterocycles. The van der Waals surface area contributed by atoms with Crippen molar-refractivity contribution < 1.29 is 29.0 Å². The van der Waals surface area contributed by atoms with Crippen LogP contribution in [0, 0.1) is 0 Å². The molecule has 0 aliphatic carbocycles. The number of carbonyl (C=O) groups excluding carboxylic acids is 3. The van der Waals surface area contributed by atoms with Crippen LogP contribution in [0.25, 0.3) is 0 Å². The molecule has 4 aromatic carbocycles. The summed E-state index contributed by atoms with van der Waals surface area (Å²) in [5.41, 5.74) is 8.22. The van der Waals surface area contributed by atoms with Crippen LogP contribution >= 0.6 is 0 Å². The first-order valence-corrected chi connectivity index (χ1v) is 12.7. The number of phenols is 1. The number of nitrogens with two attached hydrogens (primary N) is 1. The smallest absolute Gasteiger partial charge is 0.412 e. The Morgan fingerprint density at radius 2 is 1.49 bits per heavy atom. The number of hydrogen-bond acceptors (Lipinski definition) is 7. The van der Waals surface area contributed by atoms with Gasteiger partial charge in [-0.1, -0.05) is 42.5 Å². The van der Waals surface area contributed by atoms with Crippen LogP contribution in [0.3, 0.4) is 0 Å². The summed E-state index contributed by atoms with van der Waals surface area (Å²) in [6.07, 6.45) is -0.0524. The molecule has 2 atom stereocenters. The second-order valence-corrected chi connectivity index (χ2v) is 9.01. The quantitative estimate of drug-likeness (QED) is 0.106. The number of nitrogen functional groups attached to an aromatic ring is 1. The highest BCUT2D eigenvalue weighted by Gasteiger charge is 2.28. The molecule has 4 aromatic rings. The summed E-state index contributed by atoms with van der Waals surface area (Å²) in [6, 6.07) is 28.2. The van der Waals surface area contributed by atoms with E-state index in [-0.39, 0.29) is 11.5 Å². The minimum absolute atomic E-state index is 0.0263. The second kappa shape index (κ2) is 13.5. The van der Waals surface area contributed by atoms with E-state index in [1.165, 1.54) is 31.2 Å². The van der Waals surface area contributed by atoms with Gasteiger partial charge in [0.1, 0.15) is 11.5 Å². The number of anilines is 3. The van der Waals surface area contributed by atoms with E-state index in [1.54, 1.807) is 84.9 Å². The highest BCUT2D eigenvalue weighted by molar-refractivity contribution is 6.01. The van der Waals surface area contributed by atoms with Crippen molar-refractivity contribution in [3.63, 3.8) is 0 Å². The molecule has 2 amide bonds. The Morgan fingerprint density at radius 1 is 0.829 bits per heavy atom. The SMILES string of the molecule is CC(=O)c1ccc(NC(=O)O[C@H](c2ccc(O)cc2)[C@@H](/C=C/C(=O)Nc2ccccc2N)Oc2ccccc2)cc1. The Bertz CT molecular complexity index is 1520. The number of aromatic hydroxyl groups is 1. The third kappa shape index (κ3) is 8.21. The fourth-order valence-electron chi connectivity index (χ4n) is 3.87. The summed E-state index contributed by atoms with van der Waals surface area (Å²) in [7, 11) is 0. The number of para-hydroxylation sites is 3. The molecule has 0 aromatic heterocycles. The van der Waals surface area contributed by atoms with Crippen molar-refractivity contribution in [2.24, 2.45) is 0 Å². The third-order valence-corrected chi connectivity index (χ3v) is 5.96. The van der Waals surface area contributed by atoms with Crippen molar-refractivity contribution >= 4 is 34.8 Å². The van der Waals surface area contributed by atoms with Gasteiger partial charge in [-0.3, -0.25) is 14.9 Å². The lowest BCUT2D eigenvalue weighted by molar-refractivity contribution is -0.112. The predicted octanol–water partition coefficient (Wildman–Crippen LogP) is 6.11. The normalized spacial score (nSPS) is 12.2. The molecule has 0 fully saturated rings. The molecule has 0 heterocycles. The van der Waals surface area contributed by atoms with Gasteiger partial charge in [0.25, 0.3) is 0 Å². The fraction of sp³-hybridized carbons (Fsp3) is 0.0938. The number of Topliss-reactive ketones (excluding diaryl/α,β-unsaturated/α-hetero) is 1. The van der Waals surface area contributed by atoms with E-state index in [0.29, 0.717) is 33.9 Å². The first kappa shape index (κ1) is 28.4. The Morgan fingerprint density at radius 3 is 2.15 bits per heavy atom. The van der Waals surface area contributed by atoms with Gasteiger partial charge in [-0.2, -0.15) is 0 Å². The molecule has 5 N–H and O–H groups in total. The number of hydrogen-bond donors (Lipinski definition) is 4. The monoisotopic (exact) mass is 551 g/mol. The van der Waals surface area contributed by atoms with E-state index >= 15 is 0 Å². The summed E-state index contributed by atoms with van der Waals surface area (Å²) in [5.74, 6) is -0.0666. The van der Waals surface area contributed by atoms with Crippen molar-refractivity contribution in [1.29, 1.82) is 0 Å². The largest absolute Gasteiger partial charge is 0.508 e. The van der Waals surface area contributed by atoms with Crippen molar-refractivity contribution in [3.8, 4) is 11.5 Å². The maximum absolute atomic E-state index is 13.0. The van der Waals surface area contributed by atoms with Crippen LogP contribution in [0.1, 0.15) is 28.9 Å². The third-order valence-electron chi connectivity index (χ3n) is 5.96. The molecule has 0 bridgehead atoms. The van der Waals surface area contributed by atoms with Crippen molar-refractivity contribution in [2.75, 3.05) is 16.4 Å². The van der Waals surface area contributed by atoms with Crippen molar-refractivity contribution in [3.05, 3.63) is 126 Å². The summed E-state index contributed by atoms with van der Waals surface area (Å²) < 4.78 is 12.0. The van der Waals surface area contributed by atoms with Crippen LogP contribution in [-0.4, -0.2) is 29.0 Å². The molecular weight excluding hydrogens is 522 g/mol. The molecule has 9 nitrogen and oxygen atoms in total. The van der Waals surface area contributed by atoms with E-state index in [2.05, 4.69) is 10.6 Å². The summed E-state index contributed by atoms with van der Waals surface area (Å²) >= 11 is 0. The Hall–Kier alpha value is -5.57. The first-order valence-electron chi connectivity index (χ1n) is 12.7. The average Bonchev–Trinajstić information content (AvgIpc) is 2.97. The number of rotatable bonds is 10. The maximum atomic E-state index is 13.0. The molecule has 0 spiro atoms. The number of ether oxygens (including phenoxy) is 2. The molecule has 208 valence electrons. The summed E-state index contributed by atoms with van der Waals surface area (Å²) in [4.78, 5) is 37.4. The van der Waals surface area contributed by atoms with Gasteiger partial charge in [0.15, 0.2) is 18.0 Å². The Kier molecular flexibility index (Phi) is 9.35. The van der Waals surface area contributed by atoms with Gasteiger partial charge >= 0.3 is 6.09 Å². The number of carbonyl (C=O) groups is 3. The molecule has 4 rings (SSSR count). The lowest BCUT2D eigenvalue weighted by Crippen LogP contribution is -2.30. The van der Waals surface area contributed by atoms with Gasteiger partial charge in [0, 0.05) is 17.3 Å². The van der Waals surface area contributed by atoms with E-state index in [1.807, 2.05) is 6.07 Å². The number of phenolic OH excluding ortho intramolecular Hbond substituents is 1. The Labute approximate surface area is 237 Å². The second-order valence-electron chi connectivity index (χ2n) is 9.01.